The Labute approximate surface area is 169 Å². The molecule has 4 atom stereocenters. The van der Waals surface area contributed by atoms with E-state index >= 15 is 0 Å². The highest BCUT2D eigenvalue weighted by atomic mass is 16.4. The smallest absolute Gasteiger partial charge is 0.322 e. The summed E-state index contributed by atoms with van der Waals surface area (Å²) < 4.78 is 0. The summed E-state index contributed by atoms with van der Waals surface area (Å²) in [5.41, 5.74) is 6.00. The van der Waals surface area contributed by atoms with E-state index in [2.05, 4.69) is 10.6 Å². The second-order valence-electron chi connectivity index (χ2n) is 7.21. The molecule has 0 bridgehead atoms. The number of hydrogen-bond acceptors (Lipinski definition) is 6. The van der Waals surface area contributed by atoms with E-state index in [1.54, 1.807) is 0 Å². The van der Waals surface area contributed by atoms with Gasteiger partial charge in [0, 0.05) is 13.0 Å². The lowest BCUT2D eigenvalue weighted by Crippen LogP contribution is -2.56. The van der Waals surface area contributed by atoms with Crippen molar-refractivity contribution in [3.05, 3.63) is 0 Å². The van der Waals surface area contributed by atoms with Gasteiger partial charge in [0.1, 0.15) is 18.6 Å². The van der Waals surface area contributed by atoms with E-state index < -0.39 is 54.8 Å². The number of rotatable bonds is 11. The van der Waals surface area contributed by atoms with Gasteiger partial charge in [-0.15, -0.1) is 0 Å². The average molecular weight is 414 g/mol. The number of carbonyl (C=O) groups is 5. The third-order valence-corrected chi connectivity index (χ3v) is 5.07. The Morgan fingerprint density at radius 3 is 2.38 bits per heavy atom. The molecule has 29 heavy (non-hydrogen) atoms. The summed E-state index contributed by atoms with van der Waals surface area (Å²) in [5, 5.41) is 22.1. The van der Waals surface area contributed by atoms with Crippen molar-refractivity contribution in [1.82, 2.24) is 15.5 Å². The first-order valence-corrected chi connectivity index (χ1v) is 9.66. The minimum absolute atomic E-state index is 0.0584. The van der Waals surface area contributed by atoms with Gasteiger partial charge in [0.2, 0.25) is 17.7 Å². The molecule has 0 aromatic heterocycles. The summed E-state index contributed by atoms with van der Waals surface area (Å²) in [6.45, 7) is 3.47. The van der Waals surface area contributed by atoms with E-state index in [1.807, 2.05) is 13.8 Å². The molecule has 0 aromatic rings. The Hall–Kier alpha value is -2.69. The molecule has 0 radical (unpaired) electrons. The molecule has 1 saturated heterocycles. The number of carbonyl (C=O) groups excluding carboxylic acids is 3. The van der Waals surface area contributed by atoms with E-state index in [0.29, 0.717) is 25.8 Å². The fourth-order valence-corrected chi connectivity index (χ4v) is 3.08. The Bertz CT molecular complexity index is 640. The number of carboxylic acids is 2. The summed E-state index contributed by atoms with van der Waals surface area (Å²) in [7, 11) is 0. The third-order valence-electron chi connectivity index (χ3n) is 5.07. The summed E-state index contributed by atoms with van der Waals surface area (Å²) in [6.07, 6.45) is 1.10. The van der Waals surface area contributed by atoms with Crippen molar-refractivity contribution in [3.8, 4) is 0 Å². The number of nitrogens with two attached hydrogens (primary N) is 1. The van der Waals surface area contributed by atoms with Crippen LogP contribution in [0.1, 0.15) is 46.0 Å². The van der Waals surface area contributed by atoms with Crippen LogP contribution >= 0.6 is 0 Å². The van der Waals surface area contributed by atoms with Gasteiger partial charge in [0.25, 0.3) is 0 Å². The van der Waals surface area contributed by atoms with Gasteiger partial charge in [-0.05, 0) is 25.2 Å². The van der Waals surface area contributed by atoms with Gasteiger partial charge in [-0.25, -0.2) is 0 Å². The van der Waals surface area contributed by atoms with Crippen LogP contribution in [0, 0.1) is 5.92 Å². The second-order valence-corrected chi connectivity index (χ2v) is 7.21. The van der Waals surface area contributed by atoms with E-state index in [9.17, 15) is 24.0 Å². The molecule has 1 fully saturated rings. The molecule has 1 rings (SSSR count). The van der Waals surface area contributed by atoms with Gasteiger partial charge < -0.3 is 31.5 Å². The lowest BCUT2D eigenvalue weighted by molar-refractivity contribution is -0.142. The molecule has 11 heteroatoms. The minimum Gasteiger partial charge on any atom is -0.481 e. The number of hydrogen-bond donors (Lipinski definition) is 5. The van der Waals surface area contributed by atoms with E-state index in [1.165, 1.54) is 4.90 Å². The molecule has 1 aliphatic rings. The number of likely N-dealkylation sites (tertiary alicyclic amines) is 1. The Morgan fingerprint density at radius 1 is 1.17 bits per heavy atom. The highest BCUT2D eigenvalue weighted by molar-refractivity contribution is 5.94. The number of carboxylic acid groups (broad SMARTS) is 2. The van der Waals surface area contributed by atoms with Gasteiger partial charge in [0.15, 0.2) is 0 Å². The maximum Gasteiger partial charge on any atom is 0.322 e. The molecule has 1 heterocycles. The van der Waals surface area contributed by atoms with Crippen LogP contribution in [-0.4, -0.2) is 76.0 Å². The van der Waals surface area contributed by atoms with Crippen LogP contribution in [-0.2, 0) is 24.0 Å². The van der Waals surface area contributed by atoms with Crippen molar-refractivity contribution < 1.29 is 34.2 Å². The maximum atomic E-state index is 12.7. The lowest BCUT2D eigenvalue weighted by Gasteiger charge is -2.29. The van der Waals surface area contributed by atoms with E-state index in [-0.39, 0.29) is 18.2 Å². The molecule has 164 valence electrons. The number of nitrogens with one attached hydrogen (secondary N) is 2. The van der Waals surface area contributed by atoms with Crippen LogP contribution in [0.25, 0.3) is 0 Å². The SMILES string of the molecule is CCC(C)C(N)C(=O)N1CCCC1C(=O)NC(CCC(=O)O)C(=O)NCC(=O)O. The summed E-state index contributed by atoms with van der Waals surface area (Å²) >= 11 is 0. The van der Waals surface area contributed by atoms with Gasteiger partial charge in [-0.1, -0.05) is 20.3 Å². The van der Waals surface area contributed by atoms with E-state index in [0.717, 1.165) is 0 Å². The number of aliphatic carboxylic acids is 2. The monoisotopic (exact) mass is 414 g/mol. The molecular weight excluding hydrogens is 384 g/mol. The van der Waals surface area contributed by atoms with Crippen molar-refractivity contribution in [2.24, 2.45) is 11.7 Å². The molecule has 4 unspecified atom stereocenters. The average Bonchev–Trinajstić information content (AvgIpc) is 3.16. The molecule has 0 spiro atoms. The topological polar surface area (TPSA) is 179 Å². The first kappa shape index (κ1) is 24.3. The van der Waals surface area contributed by atoms with Gasteiger partial charge in [-0.3, -0.25) is 24.0 Å². The Balaban J connectivity index is 2.84. The summed E-state index contributed by atoms with van der Waals surface area (Å²) in [6, 6.07) is -2.77. The Kier molecular flexibility index (Phi) is 9.53. The van der Waals surface area contributed by atoms with Crippen LogP contribution in [0.2, 0.25) is 0 Å². The van der Waals surface area contributed by atoms with Crippen LogP contribution in [0.4, 0.5) is 0 Å². The van der Waals surface area contributed by atoms with Crippen molar-refractivity contribution in [2.45, 2.75) is 64.1 Å². The molecule has 11 nitrogen and oxygen atoms in total. The van der Waals surface area contributed by atoms with Crippen molar-refractivity contribution in [2.75, 3.05) is 13.1 Å². The van der Waals surface area contributed by atoms with Gasteiger partial charge in [0.05, 0.1) is 6.04 Å². The predicted molar refractivity (Wildman–Crippen MR) is 102 cm³/mol. The molecule has 3 amide bonds. The van der Waals surface area contributed by atoms with Gasteiger partial charge in [-0.2, -0.15) is 0 Å². The molecular formula is C18H30N4O7. The largest absolute Gasteiger partial charge is 0.481 e. The zero-order valence-electron chi connectivity index (χ0n) is 16.7. The van der Waals surface area contributed by atoms with Crippen LogP contribution < -0.4 is 16.4 Å². The number of amides is 3. The van der Waals surface area contributed by atoms with Crippen molar-refractivity contribution in [1.29, 1.82) is 0 Å². The van der Waals surface area contributed by atoms with Crippen molar-refractivity contribution in [3.63, 3.8) is 0 Å². The third kappa shape index (κ3) is 7.33. The van der Waals surface area contributed by atoms with Crippen LogP contribution in [0.15, 0.2) is 0 Å². The molecule has 1 aliphatic heterocycles. The molecule has 0 aromatic carbocycles. The van der Waals surface area contributed by atoms with Crippen LogP contribution in [0.5, 0.6) is 0 Å². The van der Waals surface area contributed by atoms with E-state index in [4.69, 9.17) is 15.9 Å². The predicted octanol–water partition coefficient (Wildman–Crippen LogP) is -1.10. The molecule has 0 aliphatic carbocycles. The standard InChI is InChI=1S/C18H30N4O7/c1-3-10(2)15(19)18(29)22-8-4-5-12(22)17(28)21-11(6-7-13(23)24)16(27)20-9-14(25)26/h10-12,15H,3-9,19H2,1-2H3,(H,20,27)(H,21,28)(H,23,24)(H,25,26). The summed E-state index contributed by atoms with van der Waals surface area (Å²) in [4.78, 5) is 60.5. The van der Waals surface area contributed by atoms with Gasteiger partial charge >= 0.3 is 11.9 Å². The first-order chi connectivity index (χ1) is 13.6. The first-order valence-electron chi connectivity index (χ1n) is 9.66. The molecule has 6 N–H and O–H groups in total. The zero-order valence-corrected chi connectivity index (χ0v) is 16.7. The minimum atomic E-state index is -1.27. The maximum absolute atomic E-state index is 12.7. The normalized spacial score (nSPS) is 19.1. The fraction of sp³-hybridized carbons (Fsp3) is 0.722. The zero-order chi connectivity index (χ0) is 22.1. The molecule has 0 saturated carbocycles. The number of nitrogens with zero attached hydrogens (tertiary/aromatic N) is 1. The quantitative estimate of drug-likeness (QED) is 0.283. The highest BCUT2D eigenvalue weighted by Gasteiger charge is 2.38. The van der Waals surface area contributed by atoms with Crippen molar-refractivity contribution >= 4 is 29.7 Å². The van der Waals surface area contributed by atoms with Crippen LogP contribution in [0.3, 0.4) is 0 Å². The summed E-state index contributed by atoms with van der Waals surface area (Å²) in [5.74, 6) is -4.21. The lowest BCUT2D eigenvalue weighted by atomic mass is 9.98. The highest BCUT2D eigenvalue weighted by Crippen LogP contribution is 2.21. The second kappa shape index (κ2) is 11.3. The Morgan fingerprint density at radius 2 is 1.83 bits per heavy atom. The fourth-order valence-electron chi connectivity index (χ4n) is 3.08.